The van der Waals surface area contributed by atoms with Crippen LogP contribution in [0.15, 0.2) is 35.2 Å². The second-order valence-corrected chi connectivity index (χ2v) is 13.9. The largest absolute Gasteiger partial charge is 0.744 e. The molecule has 4 bridgehead atoms. The van der Waals surface area contributed by atoms with E-state index >= 15 is 0 Å². The Hall–Kier alpha value is 0.01000. The molecule has 4 aliphatic rings. The Morgan fingerprint density at radius 3 is 2.12 bits per heavy atom. The van der Waals surface area contributed by atoms with Crippen LogP contribution in [-0.4, -0.2) is 18.9 Å². The summed E-state index contributed by atoms with van der Waals surface area (Å²) in [5.74, 6) is 2.17. The average Bonchev–Trinajstić information content (AvgIpc) is 2.72. The van der Waals surface area contributed by atoms with E-state index in [1.807, 2.05) is 6.07 Å². The van der Waals surface area contributed by atoms with Gasteiger partial charge >= 0.3 is 5.97 Å². The van der Waals surface area contributed by atoms with E-state index in [1.165, 1.54) is 18.6 Å². The minimum Gasteiger partial charge on any atom is -0.744 e. The molecule has 0 aliphatic heterocycles. The molecule has 4 saturated carbocycles. The van der Waals surface area contributed by atoms with Crippen LogP contribution in [0.2, 0.25) is 0 Å². The van der Waals surface area contributed by atoms with Crippen molar-refractivity contribution in [2.45, 2.75) is 42.9 Å². The van der Waals surface area contributed by atoms with Gasteiger partial charge in [-0.3, -0.25) is 0 Å². The molecule has 0 radical (unpaired) electrons. The van der Waals surface area contributed by atoms with Crippen LogP contribution in [0.5, 0.6) is 5.75 Å². The lowest BCUT2D eigenvalue weighted by molar-refractivity contribution is -0.00373. The lowest BCUT2D eigenvalue weighted by Crippen LogP contribution is -2.44. The van der Waals surface area contributed by atoms with E-state index in [-0.39, 0.29) is 16.4 Å². The molecule has 0 heterocycles. The van der Waals surface area contributed by atoms with E-state index in [1.54, 1.807) is 12.1 Å². The summed E-state index contributed by atoms with van der Waals surface area (Å²) in [5.41, 5.74) is 0.806. The summed E-state index contributed by atoms with van der Waals surface area (Å²) in [5, 5.41) is 0. The van der Waals surface area contributed by atoms with Gasteiger partial charge in [0.15, 0.2) is 0 Å². The minimum atomic E-state index is -4.64. The maximum atomic E-state index is 13.0. The third kappa shape index (κ3) is 4.37. The maximum Gasteiger partial charge on any atom is 0.343 e. The Balaban J connectivity index is 1.52. The van der Waals surface area contributed by atoms with Gasteiger partial charge < -0.3 is 9.29 Å². The molecule has 0 spiro atoms. The number of hydrogen-bond acceptors (Lipinski definition) is 5. The first-order valence-electron chi connectivity index (χ1n) is 10.6. The molecule has 4 aliphatic carbocycles. The summed E-state index contributed by atoms with van der Waals surface area (Å²) in [4.78, 5) is 12.8. The molecule has 5 nitrogen and oxygen atoms in total. The molecule has 9 heteroatoms. The van der Waals surface area contributed by atoms with Gasteiger partial charge in [0, 0.05) is 7.14 Å². The van der Waals surface area contributed by atoms with E-state index in [2.05, 4.69) is 67.8 Å². The summed E-state index contributed by atoms with van der Waals surface area (Å²) in [6.07, 6.45) is 5.63. The predicted octanol–water partition coefficient (Wildman–Crippen LogP) is 6.16. The molecule has 0 aromatic heterocycles. The van der Waals surface area contributed by atoms with Gasteiger partial charge in [-0.1, -0.05) is 0 Å². The van der Waals surface area contributed by atoms with Gasteiger partial charge in [-0.05, 0) is 165 Å². The Kier molecular flexibility index (Phi) is 6.60. The molecule has 2 aromatic carbocycles. The SMILES string of the molecule is O=C(Oc1ccc(I)c(I)c1I)c1ccc(S(=O)(=O)[O-])c(C2C3CC4CC(C3)CC2C4)c1. The van der Waals surface area contributed by atoms with Crippen LogP contribution in [0.1, 0.15) is 53.9 Å². The maximum absolute atomic E-state index is 13.0. The highest BCUT2D eigenvalue weighted by Crippen LogP contribution is 2.60. The zero-order valence-corrected chi connectivity index (χ0v) is 24.2. The first-order valence-corrected chi connectivity index (χ1v) is 15.2. The molecular weight excluding hydrogens is 769 g/mol. The Bertz CT molecular complexity index is 1180. The van der Waals surface area contributed by atoms with E-state index in [0.717, 1.165) is 48.2 Å². The molecule has 0 saturated heterocycles. The smallest absolute Gasteiger partial charge is 0.343 e. The molecule has 0 atom stereocenters. The van der Waals surface area contributed by atoms with Gasteiger partial charge in [0.05, 0.1) is 14.0 Å². The van der Waals surface area contributed by atoms with Crippen molar-refractivity contribution in [3.8, 4) is 5.75 Å². The molecular formula is C23H20I3O5S-. The van der Waals surface area contributed by atoms with Gasteiger partial charge in [-0.2, -0.15) is 0 Å². The van der Waals surface area contributed by atoms with E-state index in [0.29, 0.717) is 23.1 Å². The highest BCUT2D eigenvalue weighted by molar-refractivity contribution is 14.1. The first-order chi connectivity index (χ1) is 15.1. The normalized spacial score (nSPS) is 28.7. The number of carbonyl (C=O) groups is 1. The van der Waals surface area contributed by atoms with Crippen molar-refractivity contribution in [2.24, 2.45) is 23.7 Å². The van der Waals surface area contributed by atoms with Crippen LogP contribution in [0.25, 0.3) is 0 Å². The monoisotopic (exact) mass is 789 g/mol. The third-order valence-corrected chi connectivity index (χ3v) is 13.4. The Morgan fingerprint density at radius 1 is 0.906 bits per heavy atom. The second kappa shape index (κ2) is 8.90. The number of halogens is 3. The van der Waals surface area contributed by atoms with Gasteiger partial charge in [0.25, 0.3) is 0 Å². The van der Waals surface area contributed by atoms with E-state index in [4.69, 9.17) is 4.74 Å². The van der Waals surface area contributed by atoms with Crippen molar-refractivity contribution in [3.05, 3.63) is 52.2 Å². The summed E-state index contributed by atoms with van der Waals surface area (Å²) in [7, 11) is -4.64. The van der Waals surface area contributed by atoms with Crippen molar-refractivity contribution in [2.75, 3.05) is 0 Å². The molecule has 0 amide bonds. The van der Waals surface area contributed by atoms with Gasteiger partial charge in [0.2, 0.25) is 0 Å². The number of ether oxygens (including phenoxy) is 1. The van der Waals surface area contributed by atoms with Crippen molar-refractivity contribution >= 4 is 83.9 Å². The van der Waals surface area contributed by atoms with Crippen LogP contribution < -0.4 is 4.74 Å². The highest BCUT2D eigenvalue weighted by atomic mass is 127. The number of rotatable bonds is 4. The highest BCUT2D eigenvalue weighted by Gasteiger charge is 2.49. The molecule has 4 fully saturated rings. The summed E-state index contributed by atoms with van der Waals surface area (Å²) in [6, 6.07) is 7.97. The van der Waals surface area contributed by atoms with Crippen LogP contribution in [0.3, 0.4) is 0 Å². The Labute approximate surface area is 228 Å². The quantitative estimate of drug-likeness (QED) is 0.122. The van der Waals surface area contributed by atoms with Crippen molar-refractivity contribution < 1.29 is 22.5 Å². The lowest BCUT2D eigenvalue weighted by atomic mass is 9.50. The lowest BCUT2D eigenvalue weighted by Gasteiger charge is -2.55. The second-order valence-electron chi connectivity index (χ2n) is 9.23. The predicted molar refractivity (Wildman–Crippen MR) is 144 cm³/mol. The van der Waals surface area contributed by atoms with Gasteiger partial charge in [-0.25, -0.2) is 13.2 Å². The average molecular weight is 789 g/mol. The van der Waals surface area contributed by atoms with Crippen molar-refractivity contribution in [3.63, 3.8) is 0 Å². The van der Waals surface area contributed by atoms with Crippen LogP contribution >= 0.6 is 67.8 Å². The molecule has 6 rings (SSSR count). The van der Waals surface area contributed by atoms with E-state index < -0.39 is 16.1 Å². The minimum absolute atomic E-state index is 0.0219. The topological polar surface area (TPSA) is 83.5 Å². The molecule has 32 heavy (non-hydrogen) atoms. The van der Waals surface area contributed by atoms with Crippen LogP contribution in [0.4, 0.5) is 0 Å². The summed E-state index contributed by atoms with van der Waals surface area (Å²) >= 11 is 6.60. The fourth-order valence-corrected chi connectivity index (χ4v) is 9.05. The van der Waals surface area contributed by atoms with Crippen molar-refractivity contribution in [1.29, 1.82) is 0 Å². The fourth-order valence-electron chi connectivity index (χ4n) is 6.34. The fraction of sp³-hybridized carbons (Fsp3) is 0.435. The molecule has 0 unspecified atom stereocenters. The standard InChI is InChI=1S/C23H21I3O5S/c24-17-2-3-18(22(26)21(17)25)31-23(27)13-1-4-19(32(28,29)30)16(10-13)20-14-6-11-5-12(8-14)9-15(20)7-11/h1-4,10-12,14-15,20H,5-9H2,(H,28,29,30)/p-1. The molecule has 2 aromatic rings. The van der Waals surface area contributed by atoms with Crippen LogP contribution in [0, 0.1) is 34.4 Å². The molecule has 170 valence electrons. The first kappa shape index (κ1) is 23.7. The van der Waals surface area contributed by atoms with E-state index in [9.17, 15) is 17.8 Å². The summed E-state index contributed by atoms with van der Waals surface area (Å²) in [6.45, 7) is 0. The van der Waals surface area contributed by atoms with Gasteiger partial charge in [-0.15, -0.1) is 0 Å². The number of carbonyl (C=O) groups excluding carboxylic acids is 1. The van der Waals surface area contributed by atoms with Crippen molar-refractivity contribution in [1.82, 2.24) is 0 Å². The zero-order chi connectivity index (χ0) is 22.8. The van der Waals surface area contributed by atoms with Gasteiger partial charge in [0.1, 0.15) is 15.9 Å². The number of hydrogen-bond donors (Lipinski definition) is 0. The van der Waals surface area contributed by atoms with Crippen LogP contribution in [-0.2, 0) is 10.1 Å². The Morgan fingerprint density at radius 2 is 1.53 bits per heavy atom. The zero-order valence-electron chi connectivity index (χ0n) is 16.9. The summed E-state index contributed by atoms with van der Waals surface area (Å²) < 4.78 is 44.9. The molecule has 0 N–H and O–H groups in total. The number of esters is 1. The third-order valence-electron chi connectivity index (χ3n) is 7.30. The number of benzene rings is 2.